The molecule has 0 aromatic heterocycles. The van der Waals surface area contributed by atoms with Crippen LogP contribution in [0.15, 0.2) is 163 Å². The second-order valence-electron chi connectivity index (χ2n) is 9.98. The number of hydrogen-bond donors (Lipinski definition) is 0. The first-order valence-electron chi connectivity index (χ1n) is 13.7. The number of hydrogen-bond acceptors (Lipinski definition) is 5. The molecule has 0 amide bonds. The molecule has 0 radical (unpaired) electrons. The van der Waals surface area contributed by atoms with Crippen LogP contribution >= 0.6 is 0 Å². The molecule has 0 saturated carbocycles. The second kappa shape index (κ2) is 10.4. The van der Waals surface area contributed by atoms with Gasteiger partial charge in [0.25, 0.3) is 11.5 Å². The molecule has 1 fully saturated rings. The van der Waals surface area contributed by atoms with Crippen molar-refractivity contribution in [3.63, 3.8) is 0 Å². The summed E-state index contributed by atoms with van der Waals surface area (Å²) in [7, 11) is 0. The van der Waals surface area contributed by atoms with Gasteiger partial charge in [0.2, 0.25) is 5.88 Å². The van der Waals surface area contributed by atoms with Crippen LogP contribution in [0.1, 0.15) is 22.3 Å². The van der Waals surface area contributed by atoms with E-state index in [9.17, 15) is 9.59 Å². The number of benzene rings is 5. The van der Waals surface area contributed by atoms with Crippen LogP contribution in [-0.4, -0.2) is 11.8 Å². The van der Waals surface area contributed by atoms with E-state index < -0.39 is 17.5 Å². The molecule has 2 aliphatic rings. The summed E-state index contributed by atoms with van der Waals surface area (Å²) in [5.74, 6) is -0.970. The maximum absolute atomic E-state index is 13.8. The summed E-state index contributed by atoms with van der Waals surface area (Å²) in [6.07, 6.45) is 0. The van der Waals surface area contributed by atoms with Crippen LogP contribution in [0.5, 0.6) is 0 Å². The normalized spacial score (nSPS) is 17.9. The minimum atomic E-state index is -1.63. The van der Waals surface area contributed by atoms with Crippen LogP contribution in [0.4, 0.5) is 5.69 Å². The van der Waals surface area contributed by atoms with Crippen LogP contribution in [-0.2, 0) is 24.8 Å². The molecular weight excluding hydrogens is 522 g/mol. The quantitative estimate of drug-likeness (QED) is 0.170. The minimum absolute atomic E-state index is 0.137. The highest BCUT2D eigenvalue weighted by Gasteiger charge is 2.62. The van der Waals surface area contributed by atoms with Crippen molar-refractivity contribution < 1.29 is 19.1 Å². The Labute approximate surface area is 243 Å². The zero-order valence-corrected chi connectivity index (χ0v) is 22.5. The lowest BCUT2D eigenvalue weighted by Crippen LogP contribution is -2.51. The second-order valence-corrected chi connectivity index (χ2v) is 9.98. The molecule has 5 heteroatoms. The smallest absolute Gasteiger partial charge is 0.382 e. The number of ketones is 1. The van der Waals surface area contributed by atoms with Crippen molar-refractivity contribution >= 4 is 28.8 Å². The van der Waals surface area contributed by atoms with Gasteiger partial charge < -0.3 is 9.47 Å². The molecule has 0 aliphatic carbocycles. The summed E-state index contributed by atoms with van der Waals surface area (Å²) >= 11 is 0. The molecule has 1 atom stereocenters. The van der Waals surface area contributed by atoms with E-state index >= 15 is 0 Å². The van der Waals surface area contributed by atoms with Crippen molar-refractivity contribution in [2.24, 2.45) is 0 Å². The summed E-state index contributed by atoms with van der Waals surface area (Å²) in [5, 5.41) is 0. The maximum atomic E-state index is 13.8. The lowest BCUT2D eigenvalue weighted by Gasteiger charge is -2.46. The van der Waals surface area contributed by atoms with E-state index in [1.807, 2.05) is 157 Å². The number of ether oxygens (including phenoxy) is 2. The van der Waals surface area contributed by atoms with Crippen molar-refractivity contribution in [2.45, 2.75) is 5.72 Å². The summed E-state index contributed by atoms with van der Waals surface area (Å²) in [4.78, 5) is 29.1. The Hall–Kier alpha value is -5.68. The third kappa shape index (κ3) is 4.02. The third-order valence-corrected chi connectivity index (χ3v) is 7.49. The Morgan fingerprint density at radius 2 is 1.05 bits per heavy atom. The molecule has 0 N–H and O–H groups in total. The summed E-state index contributed by atoms with van der Waals surface area (Å²) < 4.78 is 13.2. The van der Waals surface area contributed by atoms with Gasteiger partial charge in [0, 0.05) is 22.4 Å². The largest absolute Gasteiger partial charge is 0.439 e. The van der Waals surface area contributed by atoms with E-state index in [4.69, 9.17) is 9.47 Å². The van der Waals surface area contributed by atoms with Crippen molar-refractivity contribution in [1.29, 1.82) is 0 Å². The molecule has 5 aromatic carbocycles. The van der Waals surface area contributed by atoms with Crippen molar-refractivity contribution in [1.82, 2.24) is 0 Å². The van der Waals surface area contributed by atoms with Crippen molar-refractivity contribution in [3.05, 3.63) is 185 Å². The van der Waals surface area contributed by atoms with E-state index in [1.54, 1.807) is 0 Å². The standard InChI is InChI=1S/C37H25NO4/c39-33-32-34(28-20-10-3-11-21-28)41-35(31(26-16-6-1-7-17-26)27-18-8-2-9-19-27)38(30-24-14-5-15-25-30)37(32,42-36(33)40)29-22-12-4-13-23-29/h1-25H. The first kappa shape index (κ1) is 25.3. The van der Waals surface area contributed by atoms with Crippen LogP contribution < -0.4 is 4.90 Å². The number of para-hydroxylation sites is 1. The van der Waals surface area contributed by atoms with E-state index in [0.29, 0.717) is 22.7 Å². The predicted octanol–water partition coefficient (Wildman–Crippen LogP) is 7.33. The van der Waals surface area contributed by atoms with E-state index in [0.717, 1.165) is 16.7 Å². The van der Waals surface area contributed by atoms with Gasteiger partial charge in [-0.1, -0.05) is 140 Å². The van der Waals surface area contributed by atoms with Gasteiger partial charge in [-0.25, -0.2) is 4.79 Å². The molecule has 1 unspecified atom stereocenters. The number of Topliss-reactive ketones (excluding diaryl/α,β-unsaturated/α-hetero) is 1. The maximum Gasteiger partial charge on any atom is 0.382 e. The minimum Gasteiger partial charge on any atom is -0.439 e. The fourth-order valence-corrected chi connectivity index (χ4v) is 5.69. The fourth-order valence-electron chi connectivity index (χ4n) is 5.69. The molecular formula is C37H25NO4. The Morgan fingerprint density at radius 1 is 0.571 bits per heavy atom. The Balaban J connectivity index is 1.68. The highest BCUT2D eigenvalue weighted by molar-refractivity contribution is 6.45. The van der Waals surface area contributed by atoms with E-state index in [1.165, 1.54) is 0 Å². The van der Waals surface area contributed by atoms with Gasteiger partial charge in [0.05, 0.1) is 0 Å². The highest BCUT2D eigenvalue weighted by atomic mass is 16.6. The Bertz CT molecular complexity index is 1790. The van der Waals surface area contributed by atoms with Crippen LogP contribution in [0, 0.1) is 0 Å². The number of carbonyl (C=O) groups excluding carboxylic acids is 2. The van der Waals surface area contributed by atoms with E-state index in [2.05, 4.69) is 0 Å². The average molecular weight is 548 g/mol. The number of rotatable bonds is 5. The summed E-state index contributed by atoms with van der Waals surface area (Å²) in [6.45, 7) is 0. The van der Waals surface area contributed by atoms with Crippen LogP contribution in [0.3, 0.4) is 0 Å². The Kier molecular flexibility index (Phi) is 6.25. The van der Waals surface area contributed by atoms with Crippen molar-refractivity contribution in [3.8, 4) is 0 Å². The molecule has 1 saturated heterocycles. The summed E-state index contributed by atoms with van der Waals surface area (Å²) in [5.41, 5.74) is 3.04. The van der Waals surface area contributed by atoms with Gasteiger partial charge >= 0.3 is 5.97 Å². The third-order valence-electron chi connectivity index (χ3n) is 7.49. The number of esters is 1. The van der Waals surface area contributed by atoms with Gasteiger partial charge in [-0.05, 0) is 23.3 Å². The molecule has 202 valence electrons. The topological polar surface area (TPSA) is 55.8 Å². The highest BCUT2D eigenvalue weighted by Crippen LogP contribution is 2.55. The number of fused-ring (bicyclic) bond motifs is 1. The van der Waals surface area contributed by atoms with E-state index in [-0.39, 0.29) is 11.3 Å². The number of anilines is 1. The fraction of sp³-hybridized carbons (Fsp3) is 0.0270. The van der Waals surface area contributed by atoms with Gasteiger partial charge in [0.1, 0.15) is 5.57 Å². The first-order valence-corrected chi connectivity index (χ1v) is 13.7. The van der Waals surface area contributed by atoms with Crippen LogP contribution in [0.25, 0.3) is 11.3 Å². The van der Waals surface area contributed by atoms with Gasteiger partial charge in [-0.2, -0.15) is 0 Å². The molecule has 42 heavy (non-hydrogen) atoms. The first-order chi connectivity index (χ1) is 20.7. The molecule has 2 aliphatic heterocycles. The number of nitrogens with zero attached hydrogens (tertiary/aromatic N) is 1. The van der Waals surface area contributed by atoms with Gasteiger partial charge in [0.15, 0.2) is 5.76 Å². The van der Waals surface area contributed by atoms with Crippen molar-refractivity contribution in [2.75, 3.05) is 4.90 Å². The molecule has 7 rings (SSSR count). The van der Waals surface area contributed by atoms with Gasteiger partial charge in [-0.15, -0.1) is 0 Å². The molecule has 2 heterocycles. The lowest BCUT2D eigenvalue weighted by atomic mass is 9.86. The predicted molar refractivity (Wildman–Crippen MR) is 161 cm³/mol. The molecule has 5 aromatic rings. The molecule has 0 bridgehead atoms. The zero-order valence-electron chi connectivity index (χ0n) is 22.5. The monoisotopic (exact) mass is 547 g/mol. The zero-order chi connectivity index (χ0) is 28.5. The number of carbonyl (C=O) groups is 2. The summed E-state index contributed by atoms with van der Waals surface area (Å²) in [6, 6.07) is 48.2. The lowest BCUT2D eigenvalue weighted by molar-refractivity contribution is -0.153. The van der Waals surface area contributed by atoms with Gasteiger partial charge in [-0.3, -0.25) is 9.69 Å². The molecule has 0 spiro atoms. The molecule has 5 nitrogen and oxygen atoms in total. The average Bonchev–Trinajstić information content (AvgIpc) is 3.33. The Morgan fingerprint density at radius 3 is 1.60 bits per heavy atom. The van der Waals surface area contributed by atoms with Crippen LogP contribution in [0.2, 0.25) is 0 Å². The SMILES string of the molecule is O=C1OC2(c3ccccc3)C(=C(c3ccccc3)OC(=C(c3ccccc3)c3ccccc3)N2c2ccccc2)C1=O.